The lowest BCUT2D eigenvalue weighted by atomic mass is 10.1. The van der Waals surface area contributed by atoms with Crippen molar-refractivity contribution < 1.29 is 14.3 Å². The highest BCUT2D eigenvalue weighted by Gasteiger charge is 2.22. The molecule has 1 heterocycles. The summed E-state index contributed by atoms with van der Waals surface area (Å²) in [5, 5.41) is 0.737. The second-order valence-corrected chi connectivity index (χ2v) is 7.56. The Balaban J connectivity index is 1.49. The number of hydrogen-bond donors (Lipinski definition) is 0. The van der Waals surface area contributed by atoms with Crippen LogP contribution < -0.4 is 4.74 Å². The SMILES string of the molecule is CC(=O)c1cc(C)ccc1OCC(=O)N1CCN(Cc2ccc(Cl)cc2)CC1. The van der Waals surface area contributed by atoms with Gasteiger partial charge in [-0.3, -0.25) is 14.5 Å². The summed E-state index contributed by atoms with van der Waals surface area (Å²) in [6, 6.07) is 13.3. The number of aryl methyl sites for hydroxylation is 1. The van der Waals surface area contributed by atoms with E-state index in [0.29, 0.717) is 24.4 Å². The maximum absolute atomic E-state index is 12.5. The number of piperazine rings is 1. The van der Waals surface area contributed by atoms with Gasteiger partial charge in [0.2, 0.25) is 0 Å². The zero-order chi connectivity index (χ0) is 20.1. The topological polar surface area (TPSA) is 49.9 Å². The second kappa shape index (κ2) is 9.22. The van der Waals surface area contributed by atoms with Gasteiger partial charge in [-0.25, -0.2) is 0 Å². The molecule has 5 nitrogen and oxygen atoms in total. The first-order valence-corrected chi connectivity index (χ1v) is 9.79. The average Bonchev–Trinajstić information content (AvgIpc) is 2.69. The highest BCUT2D eigenvalue weighted by molar-refractivity contribution is 6.30. The van der Waals surface area contributed by atoms with Gasteiger partial charge in [0.15, 0.2) is 12.4 Å². The first kappa shape index (κ1) is 20.4. The molecule has 1 amide bonds. The number of ether oxygens (including phenoxy) is 1. The molecule has 0 unspecified atom stereocenters. The van der Waals surface area contributed by atoms with Crippen molar-refractivity contribution in [1.29, 1.82) is 0 Å². The van der Waals surface area contributed by atoms with Gasteiger partial charge < -0.3 is 9.64 Å². The third-order valence-corrected chi connectivity index (χ3v) is 5.16. The minimum atomic E-state index is -0.0676. The molecule has 0 atom stereocenters. The minimum Gasteiger partial charge on any atom is -0.483 e. The van der Waals surface area contributed by atoms with E-state index in [9.17, 15) is 9.59 Å². The highest BCUT2D eigenvalue weighted by Crippen LogP contribution is 2.21. The molecule has 0 N–H and O–H groups in total. The first-order chi connectivity index (χ1) is 13.4. The Morgan fingerprint density at radius 3 is 2.36 bits per heavy atom. The van der Waals surface area contributed by atoms with Crippen molar-refractivity contribution in [1.82, 2.24) is 9.80 Å². The number of hydrogen-bond acceptors (Lipinski definition) is 4. The van der Waals surface area contributed by atoms with Crippen molar-refractivity contribution >= 4 is 23.3 Å². The lowest BCUT2D eigenvalue weighted by Gasteiger charge is -2.34. The summed E-state index contributed by atoms with van der Waals surface area (Å²) < 4.78 is 5.66. The van der Waals surface area contributed by atoms with Crippen molar-refractivity contribution in [3.05, 3.63) is 64.2 Å². The van der Waals surface area contributed by atoms with Crippen molar-refractivity contribution in [3.8, 4) is 5.75 Å². The van der Waals surface area contributed by atoms with Crippen LogP contribution in [-0.4, -0.2) is 54.3 Å². The third-order valence-electron chi connectivity index (χ3n) is 4.91. The van der Waals surface area contributed by atoms with Gasteiger partial charge in [-0.1, -0.05) is 35.4 Å². The van der Waals surface area contributed by atoms with Crippen molar-refractivity contribution in [2.24, 2.45) is 0 Å². The van der Waals surface area contributed by atoms with E-state index in [2.05, 4.69) is 4.90 Å². The Hall–Kier alpha value is -2.37. The lowest BCUT2D eigenvalue weighted by molar-refractivity contribution is -0.135. The lowest BCUT2D eigenvalue weighted by Crippen LogP contribution is -2.49. The van der Waals surface area contributed by atoms with Crippen LogP contribution in [0.3, 0.4) is 0 Å². The molecule has 6 heteroatoms. The van der Waals surface area contributed by atoms with Crippen LogP contribution in [0.15, 0.2) is 42.5 Å². The molecule has 3 rings (SSSR count). The average molecular weight is 401 g/mol. The number of carbonyl (C=O) groups excluding carboxylic acids is 2. The third kappa shape index (κ3) is 5.33. The van der Waals surface area contributed by atoms with E-state index in [1.165, 1.54) is 12.5 Å². The van der Waals surface area contributed by atoms with Crippen LogP contribution >= 0.6 is 11.6 Å². The van der Waals surface area contributed by atoms with Gasteiger partial charge in [-0.15, -0.1) is 0 Å². The summed E-state index contributed by atoms with van der Waals surface area (Å²) in [7, 11) is 0. The standard InChI is InChI=1S/C22H25ClN2O3/c1-16-3-8-21(20(13-16)17(2)26)28-15-22(27)25-11-9-24(10-12-25)14-18-4-6-19(23)7-5-18/h3-8,13H,9-12,14-15H2,1-2H3. The molecule has 0 saturated carbocycles. The second-order valence-electron chi connectivity index (χ2n) is 7.13. The predicted molar refractivity (Wildman–Crippen MR) is 110 cm³/mol. The molecule has 0 radical (unpaired) electrons. The molecule has 2 aromatic carbocycles. The van der Waals surface area contributed by atoms with Crippen molar-refractivity contribution in [3.63, 3.8) is 0 Å². The monoisotopic (exact) mass is 400 g/mol. The number of benzene rings is 2. The summed E-state index contributed by atoms with van der Waals surface area (Å²) in [4.78, 5) is 28.4. The Kier molecular flexibility index (Phi) is 6.70. The zero-order valence-corrected chi connectivity index (χ0v) is 17.0. The summed E-state index contributed by atoms with van der Waals surface area (Å²) in [6.07, 6.45) is 0. The molecule has 1 aliphatic heterocycles. The normalized spacial score (nSPS) is 14.8. The fourth-order valence-corrected chi connectivity index (χ4v) is 3.40. The van der Waals surface area contributed by atoms with E-state index in [0.717, 1.165) is 30.2 Å². The van der Waals surface area contributed by atoms with Gasteiger partial charge in [0.1, 0.15) is 5.75 Å². The van der Waals surface area contributed by atoms with Gasteiger partial charge in [0.25, 0.3) is 5.91 Å². The van der Waals surface area contributed by atoms with Crippen molar-refractivity contribution in [2.75, 3.05) is 32.8 Å². The fraction of sp³-hybridized carbons (Fsp3) is 0.364. The number of amides is 1. The summed E-state index contributed by atoms with van der Waals surface area (Å²) in [6.45, 7) is 7.19. The quantitative estimate of drug-likeness (QED) is 0.695. The van der Waals surface area contributed by atoms with Gasteiger partial charge in [0.05, 0.1) is 5.56 Å². The largest absolute Gasteiger partial charge is 0.483 e. The number of carbonyl (C=O) groups is 2. The fourth-order valence-electron chi connectivity index (χ4n) is 3.28. The molecule has 2 aromatic rings. The Morgan fingerprint density at radius 1 is 1.04 bits per heavy atom. The number of rotatable bonds is 6. The molecule has 1 aliphatic rings. The number of halogens is 1. The molecular weight excluding hydrogens is 376 g/mol. The zero-order valence-electron chi connectivity index (χ0n) is 16.3. The van der Waals surface area contributed by atoms with Crippen LogP contribution in [0.5, 0.6) is 5.75 Å². The smallest absolute Gasteiger partial charge is 0.260 e. The summed E-state index contributed by atoms with van der Waals surface area (Å²) in [5.41, 5.74) is 2.71. The molecule has 1 saturated heterocycles. The number of nitrogens with zero attached hydrogens (tertiary/aromatic N) is 2. The number of Topliss-reactive ketones (excluding diaryl/α,β-unsaturated/α-hetero) is 1. The van der Waals surface area contributed by atoms with Crippen LogP contribution in [0.1, 0.15) is 28.4 Å². The summed E-state index contributed by atoms with van der Waals surface area (Å²) >= 11 is 5.93. The van der Waals surface area contributed by atoms with E-state index in [-0.39, 0.29) is 18.3 Å². The first-order valence-electron chi connectivity index (χ1n) is 9.41. The van der Waals surface area contributed by atoms with Crippen LogP contribution in [0, 0.1) is 6.92 Å². The van der Waals surface area contributed by atoms with Crippen LogP contribution in [0.2, 0.25) is 5.02 Å². The van der Waals surface area contributed by atoms with Crippen LogP contribution in [0.4, 0.5) is 0 Å². The maximum Gasteiger partial charge on any atom is 0.260 e. The highest BCUT2D eigenvalue weighted by atomic mass is 35.5. The van der Waals surface area contributed by atoms with Gasteiger partial charge in [-0.2, -0.15) is 0 Å². The summed E-state index contributed by atoms with van der Waals surface area (Å²) in [5.74, 6) is 0.344. The van der Waals surface area contributed by atoms with Gasteiger partial charge in [-0.05, 0) is 43.7 Å². The van der Waals surface area contributed by atoms with Crippen LogP contribution in [-0.2, 0) is 11.3 Å². The molecular formula is C22H25ClN2O3. The Bertz CT molecular complexity index is 843. The molecule has 28 heavy (non-hydrogen) atoms. The minimum absolute atomic E-state index is 0.0544. The Morgan fingerprint density at radius 2 is 1.71 bits per heavy atom. The maximum atomic E-state index is 12.5. The Labute approximate surface area is 170 Å². The van der Waals surface area contributed by atoms with Crippen LogP contribution in [0.25, 0.3) is 0 Å². The molecule has 0 aromatic heterocycles. The molecule has 0 spiro atoms. The molecule has 1 fully saturated rings. The predicted octanol–water partition coefficient (Wildman–Crippen LogP) is 3.57. The van der Waals surface area contributed by atoms with Gasteiger partial charge >= 0.3 is 0 Å². The van der Waals surface area contributed by atoms with Gasteiger partial charge in [0, 0.05) is 37.7 Å². The van der Waals surface area contributed by atoms with E-state index < -0.39 is 0 Å². The van der Waals surface area contributed by atoms with E-state index in [4.69, 9.17) is 16.3 Å². The molecule has 0 aliphatic carbocycles. The van der Waals surface area contributed by atoms with E-state index >= 15 is 0 Å². The van der Waals surface area contributed by atoms with Crippen molar-refractivity contribution in [2.45, 2.75) is 20.4 Å². The van der Waals surface area contributed by atoms with E-state index in [1.807, 2.05) is 42.2 Å². The molecule has 148 valence electrons. The number of ketones is 1. The van der Waals surface area contributed by atoms with E-state index in [1.54, 1.807) is 12.1 Å². The molecule has 0 bridgehead atoms.